The number of carbonyl (C=O) groups is 1. The lowest BCUT2D eigenvalue weighted by molar-refractivity contribution is 0.112. The highest BCUT2D eigenvalue weighted by Gasteiger charge is 1.76. The lowest BCUT2D eigenvalue weighted by Gasteiger charge is -1.92. The van der Waals surface area contributed by atoms with Gasteiger partial charge in [-0.1, -0.05) is 12.2 Å². The maximum absolute atomic E-state index is 8.56. The number of hydrogen-bond donors (Lipinski definition) is 4. The van der Waals surface area contributed by atoms with Crippen LogP contribution in [-0.2, 0) is 9.47 Å². The number of aliphatic hydroxyl groups excluding tert-OH is 2. The molecule has 0 aliphatic carbocycles. The Morgan fingerprint density at radius 2 is 1.22 bits per heavy atom. The molecule has 0 heterocycles. The molecule has 0 unspecified atom stereocenters. The van der Waals surface area contributed by atoms with Crippen LogP contribution in [0.25, 0.3) is 0 Å². The van der Waals surface area contributed by atoms with Gasteiger partial charge >= 0.3 is 6.16 Å². The van der Waals surface area contributed by atoms with Crippen LogP contribution in [0.1, 0.15) is 0 Å². The molecule has 0 aromatic rings. The molecule has 0 aliphatic rings. The Labute approximate surface area is 107 Å². The van der Waals surface area contributed by atoms with Gasteiger partial charge in [-0.2, -0.15) is 0 Å². The smallest absolute Gasteiger partial charge is 0.450 e. The van der Waals surface area contributed by atoms with Crippen molar-refractivity contribution in [3.05, 3.63) is 25.3 Å². The van der Waals surface area contributed by atoms with Gasteiger partial charge in [0.05, 0.1) is 39.6 Å². The summed E-state index contributed by atoms with van der Waals surface area (Å²) in [6, 6.07) is 0. The molecule has 0 aliphatic heterocycles. The van der Waals surface area contributed by atoms with E-state index in [1.807, 2.05) is 0 Å². The van der Waals surface area contributed by atoms with Crippen molar-refractivity contribution in [1.82, 2.24) is 0 Å². The SMILES string of the molecule is C=CCOCCO.C=CCOCCO.O=C(O)O. The van der Waals surface area contributed by atoms with E-state index in [4.69, 9.17) is 34.7 Å². The fourth-order valence-electron chi connectivity index (χ4n) is 0.462. The van der Waals surface area contributed by atoms with E-state index < -0.39 is 6.16 Å². The van der Waals surface area contributed by atoms with Crippen LogP contribution >= 0.6 is 0 Å². The van der Waals surface area contributed by atoms with Crippen molar-refractivity contribution in [1.29, 1.82) is 0 Å². The minimum absolute atomic E-state index is 0.0911. The van der Waals surface area contributed by atoms with E-state index >= 15 is 0 Å². The highest BCUT2D eigenvalue weighted by atomic mass is 16.6. The Morgan fingerprint density at radius 3 is 1.39 bits per heavy atom. The Hall–Kier alpha value is -1.41. The highest BCUT2D eigenvalue weighted by Crippen LogP contribution is 1.71. The van der Waals surface area contributed by atoms with Crippen molar-refractivity contribution < 1.29 is 34.7 Å². The molecule has 0 rings (SSSR count). The second-order valence-electron chi connectivity index (χ2n) is 2.46. The molecule has 0 saturated heterocycles. The van der Waals surface area contributed by atoms with Gasteiger partial charge in [0.25, 0.3) is 0 Å². The van der Waals surface area contributed by atoms with Crippen molar-refractivity contribution >= 4 is 6.16 Å². The van der Waals surface area contributed by atoms with Gasteiger partial charge in [-0.15, -0.1) is 13.2 Å². The molecule has 0 amide bonds. The molecule has 108 valence electrons. The van der Waals surface area contributed by atoms with Crippen molar-refractivity contribution in [2.75, 3.05) is 39.6 Å². The summed E-state index contributed by atoms with van der Waals surface area (Å²) in [6.45, 7) is 8.91. The first-order chi connectivity index (χ1) is 8.56. The van der Waals surface area contributed by atoms with Crippen LogP contribution in [0.5, 0.6) is 0 Å². The minimum atomic E-state index is -1.83. The molecule has 4 N–H and O–H groups in total. The summed E-state index contributed by atoms with van der Waals surface area (Å²) in [5, 5.41) is 30.2. The number of ether oxygens (including phenoxy) is 2. The molecule has 0 aromatic heterocycles. The van der Waals surface area contributed by atoms with Gasteiger partial charge in [-0.05, 0) is 0 Å². The monoisotopic (exact) mass is 266 g/mol. The molecular formula is C11H22O7. The third kappa shape index (κ3) is 62.0. The summed E-state index contributed by atoms with van der Waals surface area (Å²) in [4.78, 5) is 8.56. The molecule has 0 atom stereocenters. The first kappa shape index (κ1) is 21.8. The summed E-state index contributed by atoms with van der Waals surface area (Å²) >= 11 is 0. The van der Waals surface area contributed by atoms with Gasteiger partial charge < -0.3 is 29.9 Å². The van der Waals surface area contributed by atoms with Crippen LogP contribution in [0.2, 0.25) is 0 Å². The second kappa shape index (κ2) is 24.7. The van der Waals surface area contributed by atoms with E-state index in [0.717, 1.165) is 0 Å². The maximum Gasteiger partial charge on any atom is 0.503 e. The average Bonchev–Trinajstić information content (AvgIpc) is 2.31. The summed E-state index contributed by atoms with van der Waals surface area (Å²) in [7, 11) is 0. The van der Waals surface area contributed by atoms with Gasteiger partial charge in [-0.25, -0.2) is 4.79 Å². The van der Waals surface area contributed by atoms with Crippen LogP contribution in [0.3, 0.4) is 0 Å². The maximum atomic E-state index is 8.56. The van der Waals surface area contributed by atoms with Gasteiger partial charge in [-0.3, -0.25) is 0 Å². The zero-order chi connectivity index (χ0) is 14.6. The van der Waals surface area contributed by atoms with Gasteiger partial charge in [0.1, 0.15) is 0 Å². The quantitative estimate of drug-likeness (QED) is 0.375. The Kier molecular flexibility index (Phi) is 30.0. The van der Waals surface area contributed by atoms with E-state index in [1.165, 1.54) is 0 Å². The topological polar surface area (TPSA) is 116 Å². The fraction of sp³-hybridized carbons (Fsp3) is 0.545. The predicted molar refractivity (Wildman–Crippen MR) is 66.9 cm³/mol. The second-order valence-corrected chi connectivity index (χ2v) is 2.46. The lowest BCUT2D eigenvalue weighted by Crippen LogP contribution is -1.97. The summed E-state index contributed by atoms with van der Waals surface area (Å²) in [5.41, 5.74) is 0. The van der Waals surface area contributed by atoms with E-state index in [-0.39, 0.29) is 13.2 Å². The Balaban J connectivity index is -0.000000196. The number of aliphatic hydroxyl groups is 2. The van der Waals surface area contributed by atoms with Crippen molar-refractivity contribution in [2.24, 2.45) is 0 Å². The number of rotatable bonds is 8. The predicted octanol–water partition coefficient (Wildman–Crippen LogP) is 0.585. The summed E-state index contributed by atoms with van der Waals surface area (Å²) in [5.74, 6) is 0. The van der Waals surface area contributed by atoms with Crippen LogP contribution < -0.4 is 0 Å². The molecule has 0 fully saturated rings. The van der Waals surface area contributed by atoms with Crippen LogP contribution in [0.15, 0.2) is 25.3 Å². The van der Waals surface area contributed by atoms with Gasteiger partial charge in [0, 0.05) is 0 Å². The molecule has 0 aromatic carbocycles. The van der Waals surface area contributed by atoms with Crippen LogP contribution in [0.4, 0.5) is 4.79 Å². The lowest BCUT2D eigenvalue weighted by atomic mass is 10.7. The summed E-state index contributed by atoms with van der Waals surface area (Å²) < 4.78 is 9.53. The number of hydrogen-bond acceptors (Lipinski definition) is 5. The molecule has 0 bridgehead atoms. The van der Waals surface area contributed by atoms with Crippen molar-refractivity contribution in [3.63, 3.8) is 0 Å². The third-order valence-electron chi connectivity index (χ3n) is 0.943. The number of carboxylic acid groups (broad SMARTS) is 2. The molecule has 7 nitrogen and oxygen atoms in total. The molecule has 7 heteroatoms. The normalized spacial score (nSPS) is 8.11. The van der Waals surface area contributed by atoms with E-state index in [2.05, 4.69) is 13.2 Å². The van der Waals surface area contributed by atoms with Gasteiger partial charge in [0.2, 0.25) is 0 Å². The molecule has 18 heavy (non-hydrogen) atoms. The largest absolute Gasteiger partial charge is 0.503 e. The molecular weight excluding hydrogens is 244 g/mol. The fourth-order valence-corrected chi connectivity index (χ4v) is 0.462. The van der Waals surface area contributed by atoms with E-state index in [9.17, 15) is 0 Å². The first-order valence-corrected chi connectivity index (χ1v) is 5.07. The zero-order valence-electron chi connectivity index (χ0n) is 10.3. The zero-order valence-corrected chi connectivity index (χ0v) is 10.3. The standard InChI is InChI=1S/2C5H10O2.CH2O3/c2*1-2-4-7-5-3-6;2-1(3)4/h2*2,6H,1,3-5H2;(H2,2,3,4). The first-order valence-electron chi connectivity index (χ1n) is 5.07. The minimum Gasteiger partial charge on any atom is -0.450 e. The van der Waals surface area contributed by atoms with E-state index in [0.29, 0.717) is 26.4 Å². The third-order valence-corrected chi connectivity index (χ3v) is 0.943. The Bertz CT molecular complexity index is 164. The van der Waals surface area contributed by atoms with Crippen LogP contribution in [-0.4, -0.2) is 66.2 Å². The molecule has 0 spiro atoms. The average molecular weight is 266 g/mol. The molecule has 0 radical (unpaired) electrons. The highest BCUT2D eigenvalue weighted by molar-refractivity contribution is 5.53. The Morgan fingerprint density at radius 1 is 0.944 bits per heavy atom. The van der Waals surface area contributed by atoms with Gasteiger partial charge in [0.15, 0.2) is 0 Å². The van der Waals surface area contributed by atoms with Crippen molar-refractivity contribution in [2.45, 2.75) is 0 Å². The molecule has 0 saturated carbocycles. The van der Waals surface area contributed by atoms with E-state index in [1.54, 1.807) is 12.2 Å². The van der Waals surface area contributed by atoms with Crippen LogP contribution in [0, 0.1) is 0 Å². The summed E-state index contributed by atoms with van der Waals surface area (Å²) in [6.07, 6.45) is 1.46. The van der Waals surface area contributed by atoms with Crippen molar-refractivity contribution in [3.8, 4) is 0 Å².